The van der Waals surface area contributed by atoms with E-state index in [1.54, 1.807) is 6.92 Å². The van der Waals surface area contributed by atoms with Crippen LogP contribution in [0.4, 0.5) is 10.1 Å². The molecule has 124 valence electrons. The Morgan fingerprint density at radius 2 is 2.13 bits per heavy atom. The first-order chi connectivity index (χ1) is 10.9. The first-order valence-corrected chi connectivity index (χ1v) is 7.55. The first-order valence-electron chi connectivity index (χ1n) is 7.55. The highest BCUT2D eigenvalue weighted by molar-refractivity contribution is 5.99. The van der Waals surface area contributed by atoms with Crippen molar-refractivity contribution in [1.82, 2.24) is 4.90 Å². The van der Waals surface area contributed by atoms with Gasteiger partial charge in [0.1, 0.15) is 5.82 Å². The molecule has 1 aliphatic rings. The van der Waals surface area contributed by atoms with Crippen molar-refractivity contribution in [3.8, 4) is 0 Å². The molecule has 0 radical (unpaired) electrons. The molecule has 0 aliphatic carbocycles. The van der Waals surface area contributed by atoms with Gasteiger partial charge in [0.05, 0.1) is 12.0 Å². The van der Waals surface area contributed by atoms with E-state index >= 15 is 0 Å². The van der Waals surface area contributed by atoms with Crippen molar-refractivity contribution in [3.63, 3.8) is 0 Å². The summed E-state index contributed by atoms with van der Waals surface area (Å²) in [6, 6.07) is 4.01. The molecule has 23 heavy (non-hydrogen) atoms. The van der Waals surface area contributed by atoms with Gasteiger partial charge in [0.25, 0.3) is 5.91 Å². The summed E-state index contributed by atoms with van der Waals surface area (Å²) in [5.41, 5.74) is 0.348. The Hall–Kier alpha value is -2.44. The predicted octanol–water partition coefficient (Wildman–Crippen LogP) is 1.89. The van der Waals surface area contributed by atoms with Crippen molar-refractivity contribution in [3.05, 3.63) is 29.6 Å². The van der Waals surface area contributed by atoms with Gasteiger partial charge < -0.3 is 14.9 Å². The number of halogens is 1. The highest BCUT2D eigenvalue weighted by Gasteiger charge is 2.25. The Kier molecular flexibility index (Phi) is 5.31. The van der Waals surface area contributed by atoms with E-state index < -0.39 is 17.7 Å². The van der Waals surface area contributed by atoms with E-state index in [0.717, 1.165) is 6.42 Å². The largest absolute Gasteiger partial charge is 0.481 e. The molecular weight excluding hydrogens is 303 g/mol. The quantitative estimate of drug-likeness (QED) is 0.867. The van der Waals surface area contributed by atoms with Crippen LogP contribution in [0.2, 0.25) is 0 Å². The zero-order chi connectivity index (χ0) is 17.0. The van der Waals surface area contributed by atoms with Crippen molar-refractivity contribution in [2.75, 3.05) is 24.5 Å². The van der Waals surface area contributed by atoms with E-state index in [9.17, 15) is 18.8 Å². The molecule has 2 amide bonds. The van der Waals surface area contributed by atoms with E-state index in [4.69, 9.17) is 5.11 Å². The standard InChI is InChI=1S/C16H19FN2O4/c1-2-18(9-7-15(21)22)16(23)12-10-11(5-6-13(12)17)19-8-3-4-14(19)20/h5-6,10H,2-4,7-9H2,1H3,(H,21,22). The Bertz CT molecular complexity index is 633. The molecule has 1 aliphatic heterocycles. The molecule has 2 rings (SSSR count). The number of anilines is 1. The Labute approximate surface area is 133 Å². The number of carboxylic acid groups (broad SMARTS) is 1. The summed E-state index contributed by atoms with van der Waals surface area (Å²) in [6.07, 6.45) is 0.977. The highest BCUT2D eigenvalue weighted by atomic mass is 19.1. The summed E-state index contributed by atoms with van der Waals surface area (Å²) in [7, 11) is 0. The summed E-state index contributed by atoms with van der Waals surface area (Å²) >= 11 is 0. The van der Waals surface area contributed by atoms with Crippen LogP contribution in [0.25, 0.3) is 0 Å². The van der Waals surface area contributed by atoms with Gasteiger partial charge in [-0.25, -0.2) is 4.39 Å². The van der Waals surface area contributed by atoms with Crippen LogP contribution in [0.3, 0.4) is 0 Å². The SMILES string of the molecule is CCN(CCC(=O)O)C(=O)c1cc(N2CCCC2=O)ccc1F. The van der Waals surface area contributed by atoms with E-state index in [-0.39, 0.29) is 31.0 Å². The van der Waals surface area contributed by atoms with Crippen molar-refractivity contribution in [2.45, 2.75) is 26.2 Å². The van der Waals surface area contributed by atoms with Crippen LogP contribution in [0.5, 0.6) is 0 Å². The van der Waals surface area contributed by atoms with Gasteiger partial charge in [0.15, 0.2) is 0 Å². The van der Waals surface area contributed by atoms with Crippen LogP contribution in [-0.4, -0.2) is 47.4 Å². The van der Waals surface area contributed by atoms with Crippen LogP contribution >= 0.6 is 0 Å². The van der Waals surface area contributed by atoms with Gasteiger partial charge in [0, 0.05) is 31.7 Å². The Morgan fingerprint density at radius 3 is 2.70 bits per heavy atom. The average molecular weight is 322 g/mol. The number of amides is 2. The Balaban J connectivity index is 2.24. The maximum Gasteiger partial charge on any atom is 0.305 e. The summed E-state index contributed by atoms with van der Waals surface area (Å²) in [4.78, 5) is 37.7. The van der Waals surface area contributed by atoms with Crippen LogP contribution < -0.4 is 4.90 Å². The summed E-state index contributed by atoms with van der Waals surface area (Å²) in [6.45, 7) is 2.54. The molecule has 7 heteroatoms. The van der Waals surface area contributed by atoms with Crippen LogP contribution in [-0.2, 0) is 9.59 Å². The molecule has 0 spiro atoms. The number of aliphatic carboxylic acids is 1. The summed E-state index contributed by atoms with van der Waals surface area (Å²) in [5.74, 6) is -2.32. The van der Waals surface area contributed by atoms with E-state index in [2.05, 4.69) is 0 Å². The number of carbonyl (C=O) groups is 3. The van der Waals surface area contributed by atoms with Gasteiger partial charge in [-0.2, -0.15) is 0 Å². The number of benzene rings is 1. The van der Waals surface area contributed by atoms with Gasteiger partial charge in [0.2, 0.25) is 5.91 Å². The third-order valence-corrected chi connectivity index (χ3v) is 3.83. The first kappa shape index (κ1) is 16.9. The van der Waals surface area contributed by atoms with E-state index in [1.807, 2.05) is 0 Å². The number of carbonyl (C=O) groups excluding carboxylic acids is 2. The second-order valence-corrected chi connectivity index (χ2v) is 5.34. The summed E-state index contributed by atoms with van der Waals surface area (Å²) in [5, 5.41) is 8.73. The molecule has 1 aromatic carbocycles. The van der Waals surface area contributed by atoms with Gasteiger partial charge in [-0.3, -0.25) is 14.4 Å². The molecule has 1 N–H and O–H groups in total. The second kappa shape index (κ2) is 7.21. The van der Waals surface area contributed by atoms with E-state index in [0.29, 0.717) is 18.7 Å². The molecule has 0 aromatic heterocycles. The average Bonchev–Trinajstić information content (AvgIpc) is 2.94. The van der Waals surface area contributed by atoms with Gasteiger partial charge >= 0.3 is 5.97 Å². The van der Waals surface area contributed by atoms with Crippen molar-refractivity contribution in [1.29, 1.82) is 0 Å². The van der Waals surface area contributed by atoms with Gasteiger partial charge in [-0.15, -0.1) is 0 Å². The van der Waals surface area contributed by atoms with Crippen molar-refractivity contribution in [2.24, 2.45) is 0 Å². The normalized spacial score (nSPS) is 14.2. The van der Waals surface area contributed by atoms with E-state index in [1.165, 1.54) is 28.0 Å². The maximum atomic E-state index is 14.0. The molecule has 6 nitrogen and oxygen atoms in total. The zero-order valence-corrected chi connectivity index (χ0v) is 12.9. The highest BCUT2D eigenvalue weighted by Crippen LogP contribution is 2.24. The minimum atomic E-state index is -1.02. The van der Waals surface area contributed by atoms with Gasteiger partial charge in [-0.1, -0.05) is 0 Å². The fourth-order valence-corrected chi connectivity index (χ4v) is 2.57. The molecule has 0 atom stereocenters. The molecule has 0 unspecified atom stereocenters. The van der Waals surface area contributed by atoms with Crippen LogP contribution in [0.15, 0.2) is 18.2 Å². The lowest BCUT2D eigenvalue weighted by molar-refractivity contribution is -0.137. The molecule has 1 fully saturated rings. The second-order valence-electron chi connectivity index (χ2n) is 5.34. The third-order valence-electron chi connectivity index (χ3n) is 3.83. The number of hydrogen-bond donors (Lipinski definition) is 1. The number of hydrogen-bond acceptors (Lipinski definition) is 3. The molecule has 0 saturated carbocycles. The smallest absolute Gasteiger partial charge is 0.305 e. The van der Waals surface area contributed by atoms with Crippen molar-refractivity contribution < 1.29 is 23.9 Å². The van der Waals surface area contributed by atoms with Crippen LogP contribution in [0.1, 0.15) is 36.5 Å². The molecule has 1 saturated heterocycles. The van der Waals surface area contributed by atoms with Crippen molar-refractivity contribution >= 4 is 23.5 Å². The number of nitrogens with zero attached hydrogens (tertiary/aromatic N) is 2. The number of carboxylic acids is 1. The lowest BCUT2D eigenvalue weighted by atomic mass is 10.1. The lowest BCUT2D eigenvalue weighted by Crippen LogP contribution is -2.33. The predicted molar refractivity (Wildman–Crippen MR) is 81.8 cm³/mol. The summed E-state index contributed by atoms with van der Waals surface area (Å²) < 4.78 is 14.0. The lowest BCUT2D eigenvalue weighted by Gasteiger charge is -2.22. The number of rotatable bonds is 6. The van der Waals surface area contributed by atoms with Crippen LogP contribution in [0, 0.1) is 5.82 Å². The monoisotopic (exact) mass is 322 g/mol. The fraction of sp³-hybridized carbons (Fsp3) is 0.438. The van der Waals surface area contributed by atoms with Gasteiger partial charge in [-0.05, 0) is 31.5 Å². The fourth-order valence-electron chi connectivity index (χ4n) is 2.57. The molecular formula is C16H19FN2O4. The topological polar surface area (TPSA) is 77.9 Å². The minimum Gasteiger partial charge on any atom is -0.481 e. The minimum absolute atomic E-state index is 0.0109. The molecule has 0 bridgehead atoms. The zero-order valence-electron chi connectivity index (χ0n) is 12.9. The Morgan fingerprint density at radius 1 is 1.39 bits per heavy atom. The maximum absolute atomic E-state index is 14.0. The molecule has 1 heterocycles. The molecule has 1 aromatic rings. The third kappa shape index (κ3) is 3.85.